The van der Waals surface area contributed by atoms with Crippen LogP contribution in [0.15, 0.2) is 77.7 Å². The summed E-state index contributed by atoms with van der Waals surface area (Å²) in [6.07, 6.45) is 0.643. The number of halogens is 1. The van der Waals surface area contributed by atoms with Gasteiger partial charge in [-0.1, -0.05) is 54.1 Å². The van der Waals surface area contributed by atoms with Gasteiger partial charge in [0.1, 0.15) is 0 Å². The number of benzene rings is 3. The molecule has 0 unspecified atom stereocenters. The van der Waals surface area contributed by atoms with Crippen molar-refractivity contribution in [1.82, 2.24) is 0 Å². The molecule has 1 N–H and O–H groups in total. The second kappa shape index (κ2) is 9.76. The van der Waals surface area contributed by atoms with Crippen molar-refractivity contribution >= 4 is 39.1 Å². The number of aryl methyl sites for hydroxylation is 1. The molecule has 0 spiro atoms. The van der Waals surface area contributed by atoms with E-state index in [1.54, 1.807) is 42.5 Å². The molecule has 160 valence electrons. The Morgan fingerprint density at radius 3 is 2.29 bits per heavy atom. The molecular weight excluding hydrogens is 438 g/mol. The van der Waals surface area contributed by atoms with Crippen LogP contribution in [0.2, 0.25) is 5.02 Å². The number of nitrogens with one attached hydrogen (secondary N) is 1. The average Bonchev–Trinajstić information content (AvgIpc) is 2.79. The topological polar surface area (TPSA) is 89.5 Å². The first-order valence-electron chi connectivity index (χ1n) is 9.38. The van der Waals surface area contributed by atoms with Gasteiger partial charge in [0.05, 0.1) is 17.7 Å². The predicted molar refractivity (Wildman–Crippen MR) is 119 cm³/mol. The summed E-state index contributed by atoms with van der Waals surface area (Å²) in [4.78, 5) is 24.2. The lowest BCUT2D eigenvalue weighted by molar-refractivity contribution is -0.140. The predicted octanol–water partition coefficient (Wildman–Crippen LogP) is 4.48. The molecule has 0 heterocycles. The Labute approximate surface area is 185 Å². The molecule has 3 aromatic rings. The fourth-order valence-corrected chi connectivity index (χ4v) is 4.18. The Balaban J connectivity index is 1.85. The van der Waals surface area contributed by atoms with Crippen LogP contribution in [-0.2, 0) is 26.0 Å². The third kappa shape index (κ3) is 5.71. The van der Waals surface area contributed by atoms with Gasteiger partial charge in [-0.05, 0) is 42.3 Å². The summed E-state index contributed by atoms with van der Waals surface area (Å²) in [6, 6.07) is 19.1. The van der Waals surface area contributed by atoms with Crippen LogP contribution in [0, 0.1) is 0 Å². The SMILES string of the molecule is COC(=O)CCc1ccc(S(=O)(=O)Nc2ccc(Cl)cc2C(=O)c2ccccc2)cc1. The van der Waals surface area contributed by atoms with E-state index >= 15 is 0 Å². The fourth-order valence-electron chi connectivity index (χ4n) is 2.93. The molecule has 0 fully saturated rings. The molecule has 3 aromatic carbocycles. The first kappa shape index (κ1) is 22.5. The van der Waals surface area contributed by atoms with Gasteiger partial charge < -0.3 is 4.74 Å². The number of carbonyl (C=O) groups is 2. The van der Waals surface area contributed by atoms with Crippen LogP contribution in [0.3, 0.4) is 0 Å². The maximum Gasteiger partial charge on any atom is 0.305 e. The quantitative estimate of drug-likeness (QED) is 0.398. The van der Waals surface area contributed by atoms with E-state index in [-0.39, 0.29) is 34.3 Å². The van der Waals surface area contributed by atoms with Crippen molar-refractivity contribution in [2.75, 3.05) is 11.8 Å². The van der Waals surface area contributed by atoms with E-state index in [0.717, 1.165) is 5.56 Å². The van der Waals surface area contributed by atoms with Crippen molar-refractivity contribution in [1.29, 1.82) is 0 Å². The highest BCUT2D eigenvalue weighted by atomic mass is 35.5. The fraction of sp³-hybridized carbons (Fsp3) is 0.130. The first-order chi connectivity index (χ1) is 14.8. The Morgan fingerprint density at radius 2 is 1.65 bits per heavy atom. The second-order valence-corrected chi connectivity index (χ2v) is 8.83. The Kier molecular flexibility index (Phi) is 7.09. The van der Waals surface area contributed by atoms with Gasteiger partial charge >= 0.3 is 5.97 Å². The van der Waals surface area contributed by atoms with Crippen molar-refractivity contribution < 1.29 is 22.7 Å². The summed E-state index contributed by atoms with van der Waals surface area (Å²) in [5.41, 5.74) is 1.50. The molecule has 0 bridgehead atoms. The van der Waals surface area contributed by atoms with Crippen LogP contribution in [0.25, 0.3) is 0 Å². The van der Waals surface area contributed by atoms with Crippen molar-refractivity contribution in [3.05, 3.63) is 94.5 Å². The molecule has 8 heteroatoms. The van der Waals surface area contributed by atoms with Gasteiger partial charge in [0.2, 0.25) is 0 Å². The van der Waals surface area contributed by atoms with Gasteiger partial charge in [-0.25, -0.2) is 8.42 Å². The smallest absolute Gasteiger partial charge is 0.305 e. The Morgan fingerprint density at radius 1 is 0.968 bits per heavy atom. The van der Waals surface area contributed by atoms with E-state index in [1.807, 2.05) is 0 Å². The minimum Gasteiger partial charge on any atom is -0.469 e. The highest BCUT2D eigenvalue weighted by Gasteiger charge is 2.20. The largest absolute Gasteiger partial charge is 0.469 e. The second-order valence-electron chi connectivity index (χ2n) is 6.71. The third-order valence-electron chi connectivity index (χ3n) is 4.59. The average molecular weight is 458 g/mol. The molecule has 6 nitrogen and oxygen atoms in total. The van der Waals surface area contributed by atoms with Gasteiger partial charge in [-0.2, -0.15) is 0 Å². The van der Waals surface area contributed by atoms with E-state index in [0.29, 0.717) is 17.0 Å². The lowest BCUT2D eigenvalue weighted by Crippen LogP contribution is -2.16. The number of hydrogen-bond donors (Lipinski definition) is 1. The van der Waals surface area contributed by atoms with Crippen molar-refractivity contribution in [3.63, 3.8) is 0 Å². The van der Waals surface area contributed by atoms with E-state index in [9.17, 15) is 18.0 Å². The zero-order chi connectivity index (χ0) is 22.4. The molecule has 0 aliphatic rings. The van der Waals surface area contributed by atoms with Crippen LogP contribution in [0.1, 0.15) is 27.9 Å². The van der Waals surface area contributed by atoms with Gasteiger partial charge in [-0.15, -0.1) is 0 Å². The molecule has 0 amide bonds. The summed E-state index contributed by atoms with van der Waals surface area (Å²) < 4.78 is 32.9. The Hall–Kier alpha value is -3.16. The summed E-state index contributed by atoms with van der Waals surface area (Å²) in [7, 11) is -2.64. The summed E-state index contributed by atoms with van der Waals surface area (Å²) in [6.45, 7) is 0. The van der Waals surface area contributed by atoms with Gasteiger partial charge in [0.25, 0.3) is 10.0 Å². The van der Waals surface area contributed by atoms with E-state index in [1.165, 1.54) is 37.4 Å². The van der Waals surface area contributed by atoms with Gasteiger partial charge in [-0.3, -0.25) is 14.3 Å². The van der Waals surface area contributed by atoms with Crippen LogP contribution in [0.4, 0.5) is 5.69 Å². The zero-order valence-corrected chi connectivity index (χ0v) is 18.2. The molecule has 3 rings (SSSR count). The summed E-state index contributed by atoms with van der Waals surface area (Å²) >= 11 is 6.05. The monoisotopic (exact) mass is 457 g/mol. The molecule has 0 radical (unpaired) electrons. The number of carbonyl (C=O) groups excluding carboxylic acids is 2. The number of sulfonamides is 1. The Bertz CT molecular complexity index is 1190. The minimum absolute atomic E-state index is 0.0300. The van der Waals surface area contributed by atoms with Crippen LogP contribution in [-0.4, -0.2) is 27.3 Å². The van der Waals surface area contributed by atoms with E-state index < -0.39 is 10.0 Å². The maximum absolute atomic E-state index is 12.9. The van der Waals surface area contributed by atoms with Crippen LogP contribution in [0.5, 0.6) is 0 Å². The standard InChI is InChI=1S/C23H20ClNO5S/c1-30-22(26)14-9-16-7-11-19(12-8-16)31(28,29)25-21-13-10-18(24)15-20(21)23(27)17-5-3-2-4-6-17/h2-8,10-13,15,25H,9,14H2,1H3. The highest BCUT2D eigenvalue weighted by Crippen LogP contribution is 2.26. The number of ketones is 1. The first-order valence-corrected chi connectivity index (χ1v) is 11.2. The lowest BCUT2D eigenvalue weighted by Gasteiger charge is -2.13. The summed E-state index contributed by atoms with van der Waals surface area (Å²) in [5.74, 6) is -0.685. The molecule has 0 aromatic heterocycles. The van der Waals surface area contributed by atoms with Gasteiger partial charge in [0, 0.05) is 22.6 Å². The van der Waals surface area contributed by atoms with Crippen LogP contribution >= 0.6 is 11.6 Å². The van der Waals surface area contributed by atoms with Gasteiger partial charge in [0.15, 0.2) is 5.78 Å². The number of esters is 1. The number of rotatable bonds is 8. The minimum atomic E-state index is -3.95. The number of methoxy groups -OCH3 is 1. The van der Waals surface area contributed by atoms with E-state index in [2.05, 4.69) is 9.46 Å². The molecule has 31 heavy (non-hydrogen) atoms. The molecule has 0 saturated heterocycles. The molecule has 0 aliphatic carbocycles. The molecule has 0 saturated carbocycles. The number of hydrogen-bond acceptors (Lipinski definition) is 5. The lowest BCUT2D eigenvalue weighted by atomic mass is 10.0. The highest BCUT2D eigenvalue weighted by molar-refractivity contribution is 7.92. The van der Waals surface area contributed by atoms with Crippen molar-refractivity contribution in [2.24, 2.45) is 0 Å². The van der Waals surface area contributed by atoms with Crippen LogP contribution < -0.4 is 4.72 Å². The normalized spacial score (nSPS) is 11.0. The van der Waals surface area contributed by atoms with Crippen molar-refractivity contribution in [2.45, 2.75) is 17.7 Å². The van der Waals surface area contributed by atoms with E-state index in [4.69, 9.17) is 11.6 Å². The molecule has 0 aliphatic heterocycles. The van der Waals surface area contributed by atoms with Crippen molar-refractivity contribution in [3.8, 4) is 0 Å². The summed E-state index contributed by atoms with van der Waals surface area (Å²) in [5, 5.41) is 0.317. The third-order valence-corrected chi connectivity index (χ3v) is 6.20. The number of ether oxygens (including phenoxy) is 1. The maximum atomic E-state index is 12.9. The zero-order valence-electron chi connectivity index (χ0n) is 16.7. The number of anilines is 1. The molecular formula is C23H20ClNO5S. The molecule has 0 atom stereocenters.